The van der Waals surface area contributed by atoms with Gasteiger partial charge in [0, 0.05) is 32.8 Å². The largest absolute Gasteiger partial charge is 0.338 e. The van der Waals surface area contributed by atoms with Crippen LogP contribution in [-0.2, 0) is 17.3 Å². The molecule has 0 unspecified atom stereocenters. The first-order chi connectivity index (χ1) is 18.0. The highest BCUT2D eigenvalue weighted by atomic mass is 32.1. The van der Waals surface area contributed by atoms with Gasteiger partial charge in [0.05, 0.1) is 16.0 Å². The maximum absolute atomic E-state index is 15.6. The first kappa shape index (κ1) is 26.1. The molecule has 5 aromatic rings. The fraction of sp³-hybridized carbons (Fsp3) is 0.323. The van der Waals surface area contributed by atoms with Crippen molar-refractivity contribution < 1.29 is 26.3 Å². The average Bonchev–Trinajstić information content (AvgIpc) is 3.24. The van der Waals surface area contributed by atoms with Gasteiger partial charge < -0.3 is 0 Å². The quantitative estimate of drug-likeness (QED) is 0.187. The number of nitrogens with zero attached hydrogens (tertiary/aromatic N) is 1. The zero-order chi connectivity index (χ0) is 28.3. The van der Waals surface area contributed by atoms with Crippen LogP contribution in [0.5, 0.6) is 0 Å². The lowest BCUT2D eigenvalue weighted by Gasteiger charge is -2.48. The third-order valence-electron chi connectivity index (χ3n) is 8.12. The zero-order valence-corrected chi connectivity index (χ0v) is 22.7. The number of hydrogen-bond acceptors (Lipinski definition) is 2. The summed E-state index contributed by atoms with van der Waals surface area (Å²) in [6.07, 6.45) is 1.53. The Balaban J connectivity index is 1.70. The number of pyridine rings is 1. The molecule has 0 atom stereocenters. The minimum absolute atomic E-state index is 0.222. The van der Waals surface area contributed by atoms with Crippen molar-refractivity contribution in [3.63, 3.8) is 0 Å². The van der Waals surface area contributed by atoms with Gasteiger partial charge in [-0.25, -0.2) is 8.78 Å². The Labute approximate surface area is 225 Å². The van der Waals surface area contributed by atoms with Gasteiger partial charge in [-0.15, -0.1) is 11.3 Å². The average molecular weight is 558 g/mol. The van der Waals surface area contributed by atoms with Crippen molar-refractivity contribution in [3.05, 3.63) is 77.5 Å². The summed E-state index contributed by atoms with van der Waals surface area (Å²) in [4.78, 5) is 4.56. The molecule has 2 aromatic heterocycles. The normalized spacial score (nSPS) is 19.5. The molecule has 8 heteroatoms. The van der Waals surface area contributed by atoms with E-state index >= 15 is 26.3 Å². The molecule has 39 heavy (non-hydrogen) atoms. The summed E-state index contributed by atoms with van der Waals surface area (Å²) in [5.41, 5.74) is -3.60. The molecule has 1 nitrogen and oxygen atoms in total. The van der Waals surface area contributed by atoms with Crippen LogP contribution in [0.25, 0.3) is 42.2 Å². The highest BCUT2D eigenvalue weighted by Crippen LogP contribution is 2.67. The molecule has 0 radical (unpaired) electrons. The standard InChI is InChI=1S/C31H25F6NS/c1-27(2,3)22-15-17(14-16-8-6-7-9-18(16)22)24-26-20(12-13-38-24)19-10-11-21-23(25(19)39-26)30(34,35)31(36,37)28(4,5)29(21,32)33/h6-15H,1-5H3. The lowest BCUT2D eigenvalue weighted by molar-refractivity contribution is -0.333. The summed E-state index contributed by atoms with van der Waals surface area (Å²) in [7, 11) is 0. The van der Waals surface area contributed by atoms with Gasteiger partial charge in [-0.05, 0) is 53.8 Å². The van der Waals surface area contributed by atoms with E-state index in [0.29, 0.717) is 29.6 Å². The highest BCUT2D eigenvalue weighted by molar-refractivity contribution is 7.26. The molecule has 0 amide bonds. The Bertz CT molecular complexity index is 1810. The van der Waals surface area contributed by atoms with Gasteiger partial charge >= 0.3 is 11.8 Å². The van der Waals surface area contributed by atoms with Crippen LogP contribution in [0.15, 0.2) is 60.8 Å². The fourth-order valence-electron chi connectivity index (χ4n) is 5.70. The predicted octanol–water partition coefficient (Wildman–Crippen LogP) is 10.4. The van der Waals surface area contributed by atoms with E-state index in [-0.39, 0.29) is 15.5 Å². The molecule has 3 aromatic carbocycles. The van der Waals surface area contributed by atoms with Crippen molar-refractivity contribution in [2.45, 2.75) is 57.8 Å². The van der Waals surface area contributed by atoms with E-state index in [1.165, 1.54) is 12.3 Å². The number of benzene rings is 3. The number of thiophene rings is 1. The number of hydrogen-bond donors (Lipinski definition) is 0. The molecule has 0 spiro atoms. The molecule has 1 aliphatic carbocycles. The Hall–Kier alpha value is -3.13. The van der Waals surface area contributed by atoms with Gasteiger partial charge in [-0.1, -0.05) is 57.2 Å². The van der Waals surface area contributed by atoms with Crippen molar-refractivity contribution in [3.8, 4) is 11.3 Å². The van der Waals surface area contributed by atoms with Crippen molar-refractivity contribution in [2.24, 2.45) is 5.41 Å². The lowest BCUT2D eigenvalue weighted by Crippen LogP contribution is -2.60. The van der Waals surface area contributed by atoms with Crippen LogP contribution in [0.1, 0.15) is 51.3 Å². The summed E-state index contributed by atoms with van der Waals surface area (Å²) < 4.78 is 92.4. The van der Waals surface area contributed by atoms with Gasteiger partial charge in [-0.2, -0.15) is 17.6 Å². The smallest absolute Gasteiger partial charge is 0.255 e. The molecule has 0 fully saturated rings. The minimum Gasteiger partial charge on any atom is -0.255 e. The zero-order valence-electron chi connectivity index (χ0n) is 21.9. The second-order valence-corrected chi connectivity index (χ2v) is 12.9. The van der Waals surface area contributed by atoms with E-state index in [4.69, 9.17) is 0 Å². The molecule has 0 saturated carbocycles. The van der Waals surface area contributed by atoms with Crippen LogP contribution in [0.3, 0.4) is 0 Å². The number of fused-ring (bicyclic) bond motifs is 6. The number of halogens is 6. The summed E-state index contributed by atoms with van der Waals surface area (Å²) in [6, 6.07) is 15.7. The van der Waals surface area contributed by atoms with E-state index in [1.54, 1.807) is 6.07 Å². The van der Waals surface area contributed by atoms with Gasteiger partial charge in [0.15, 0.2) is 0 Å². The number of aromatic nitrogens is 1. The van der Waals surface area contributed by atoms with Crippen LogP contribution in [-0.4, -0.2) is 10.9 Å². The predicted molar refractivity (Wildman–Crippen MR) is 145 cm³/mol. The van der Waals surface area contributed by atoms with Crippen LogP contribution in [0.2, 0.25) is 0 Å². The van der Waals surface area contributed by atoms with Crippen molar-refractivity contribution >= 4 is 42.3 Å². The number of alkyl halides is 6. The van der Waals surface area contributed by atoms with E-state index in [0.717, 1.165) is 39.3 Å². The number of rotatable bonds is 1. The molecule has 0 N–H and O–H groups in total. The molecular weight excluding hydrogens is 532 g/mol. The Morgan fingerprint density at radius 1 is 0.744 bits per heavy atom. The van der Waals surface area contributed by atoms with Gasteiger partial charge in [0.2, 0.25) is 0 Å². The Morgan fingerprint density at radius 3 is 2.10 bits per heavy atom. The van der Waals surface area contributed by atoms with Gasteiger partial charge in [0.25, 0.3) is 5.92 Å². The third-order valence-corrected chi connectivity index (χ3v) is 9.36. The molecule has 0 saturated heterocycles. The summed E-state index contributed by atoms with van der Waals surface area (Å²) in [5, 5.41) is 2.75. The molecule has 1 aliphatic rings. The molecular formula is C31H25F6NS. The summed E-state index contributed by atoms with van der Waals surface area (Å²) in [5.74, 6) is -14.0. The Kier molecular flexibility index (Phi) is 5.18. The van der Waals surface area contributed by atoms with Crippen molar-refractivity contribution in [1.29, 1.82) is 0 Å². The minimum atomic E-state index is -4.98. The second kappa shape index (κ2) is 7.74. The summed E-state index contributed by atoms with van der Waals surface area (Å²) >= 11 is 0.811. The first-order valence-electron chi connectivity index (χ1n) is 12.5. The van der Waals surface area contributed by atoms with Crippen molar-refractivity contribution in [2.75, 3.05) is 0 Å². The molecule has 0 aliphatic heterocycles. The fourth-order valence-corrected chi connectivity index (χ4v) is 7.08. The SMILES string of the molecule is CC(C)(C)c1cc(-c2nccc3c2sc2c4c(ccc23)C(F)(F)C(C)(C)C(F)(F)C4(F)F)cc2ccccc12. The van der Waals surface area contributed by atoms with Crippen LogP contribution >= 0.6 is 11.3 Å². The van der Waals surface area contributed by atoms with Crippen LogP contribution in [0.4, 0.5) is 26.3 Å². The van der Waals surface area contributed by atoms with Gasteiger partial charge in [-0.3, -0.25) is 4.98 Å². The van der Waals surface area contributed by atoms with E-state index in [2.05, 4.69) is 25.8 Å². The maximum atomic E-state index is 15.6. The third kappa shape index (κ3) is 3.24. The maximum Gasteiger partial charge on any atom is 0.338 e. The molecule has 2 heterocycles. The molecule has 6 rings (SSSR count). The first-order valence-corrected chi connectivity index (χ1v) is 13.4. The monoisotopic (exact) mass is 557 g/mol. The Morgan fingerprint density at radius 2 is 1.41 bits per heavy atom. The molecule has 0 bridgehead atoms. The summed E-state index contributed by atoms with van der Waals surface area (Å²) in [6.45, 7) is 7.24. The van der Waals surface area contributed by atoms with Crippen LogP contribution < -0.4 is 0 Å². The van der Waals surface area contributed by atoms with E-state index in [1.807, 2.05) is 36.4 Å². The topological polar surface area (TPSA) is 12.9 Å². The van der Waals surface area contributed by atoms with E-state index in [9.17, 15) is 0 Å². The molecule has 202 valence electrons. The van der Waals surface area contributed by atoms with Crippen molar-refractivity contribution in [1.82, 2.24) is 4.98 Å². The van der Waals surface area contributed by atoms with E-state index < -0.39 is 34.3 Å². The van der Waals surface area contributed by atoms with Gasteiger partial charge in [0.1, 0.15) is 5.41 Å². The second-order valence-electron chi connectivity index (χ2n) is 11.8. The van der Waals surface area contributed by atoms with Crippen LogP contribution in [0, 0.1) is 5.41 Å². The lowest BCUT2D eigenvalue weighted by atomic mass is 9.66. The highest BCUT2D eigenvalue weighted by Gasteiger charge is 2.78.